The number of carboxylic acids is 1. The number of ether oxygens (including phenoxy) is 1. The number of hydrogen-bond acceptors (Lipinski definition) is 5. The van der Waals surface area contributed by atoms with Crippen molar-refractivity contribution in [3.8, 4) is 0 Å². The Morgan fingerprint density at radius 2 is 2.19 bits per heavy atom. The SMILES string of the molecule is Nc1ccc(C(=O)O)c(S(=O)(=O)NCC2CCCCO2)c1. The molecule has 0 aliphatic carbocycles. The molecule has 2 rings (SSSR count). The number of carbonyl (C=O) groups is 1. The molecule has 0 spiro atoms. The normalized spacial score (nSPS) is 19.3. The first-order valence-electron chi connectivity index (χ1n) is 6.64. The molecule has 7 nitrogen and oxygen atoms in total. The minimum atomic E-state index is -3.95. The number of hydrogen-bond donors (Lipinski definition) is 3. The van der Waals surface area contributed by atoms with Crippen molar-refractivity contribution in [3.05, 3.63) is 23.8 Å². The molecule has 0 amide bonds. The van der Waals surface area contributed by atoms with Gasteiger partial charge in [-0.25, -0.2) is 17.9 Å². The van der Waals surface area contributed by atoms with Crippen LogP contribution in [-0.2, 0) is 14.8 Å². The fraction of sp³-hybridized carbons (Fsp3) is 0.462. The first kappa shape index (κ1) is 15.7. The molecule has 1 atom stereocenters. The Balaban J connectivity index is 2.18. The summed E-state index contributed by atoms with van der Waals surface area (Å²) < 4.78 is 32.4. The number of nitrogens with one attached hydrogen (secondary N) is 1. The van der Waals surface area contributed by atoms with Crippen molar-refractivity contribution in [2.45, 2.75) is 30.3 Å². The molecule has 0 aromatic heterocycles. The number of anilines is 1. The average Bonchev–Trinajstić information content (AvgIpc) is 2.46. The van der Waals surface area contributed by atoms with E-state index in [-0.39, 0.29) is 28.8 Å². The van der Waals surface area contributed by atoms with Crippen LogP contribution >= 0.6 is 0 Å². The van der Waals surface area contributed by atoms with Crippen LogP contribution in [0, 0.1) is 0 Å². The Hall–Kier alpha value is -1.64. The fourth-order valence-corrected chi connectivity index (χ4v) is 3.48. The molecule has 1 saturated heterocycles. The summed E-state index contributed by atoms with van der Waals surface area (Å²) in [4.78, 5) is 10.8. The predicted molar refractivity (Wildman–Crippen MR) is 76.6 cm³/mol. The molecule has 1 aromatic rings. The predicted octanol–water partition coefficient (Wildman–Crippen LogP) is 0.814. The molecule has 0 bridgehead atoms. The lowest BCUT2D eigenvalue weighted by atomic mass is 10.1. The van der Waals surface area contributed by atoms with Crippen LogP contribution in [0.4, 0.5) is 5.69 Å². The molecule has 4 N–H and O–H groups in total. The third kappa shape index (κ3) is 3.93. The molecular weight excluding hydrogens is 296 g/mol. The molecule has 8 heteroatoms. The van der Waals surface area contributed by atoms with Crippen molar-refractivity contribution in [2.24, 2.45) is 0 Å². The second-order valence-electron chi connectivity index (χ2n) is 4.90. The number of sulfonamides is 1. The smallest absolute Gasteiger partial charge is 0.337 e. The van der Waals surface area contributed by atoms with Gasteiger partial charge in [-0.05, 0) is 37.5 Å². The van der Waals surface area contributed by atoms with Crippen LogP contribution in [-0.4, -0.2) is 38.7 Å². The van der Waals surface area contributed by atoms with Gasteiger partial charge in [0.15, 0.2) is 0 Å². The number of aromatic carboxylic acids is 1. The summed E-state index contributed by atoms with van der Waals surface area (Å²) >= 11 is 0. The van der Waals surface area contributed by atoms with Crippen LogP contribution in [0.25, 0.3) is 0 Å². The summed E-state index contributed by atoms with van der Waals surface area (Å²) in [6.45, 7) is 0.737. The van der Waals surface area contributed by atoms with E-state index < -0.39 is 16.0 Å². The summed E-state index contributed by atoms with van der Waals surface area (Å²) in [6.07, 6.45) is 2.57. The number of nitrogen functional groups attached to an aromatic ring is 1. The molecule has 1 fully saturated rings. The highest BCUT2D eigenvalue weighted by Crippen LogP contribution is 2.20. The maximum Gasteiger partial charge on any atom is 0.337 e. The summed E-state index contributed by atoms with van der Waals surface area (Å²) in [5.41, 5.74) is 5.44. The molecule has 1 heterocycles. The van der Waals surface area contributed by atoms with E-state index >= 15 is 0 Å². The topological polar surface area (TPSA) is 119 Å². The van der Waals surface area contributed by atoms with Gasteiger partial charge in [0, 0.05) is 18.8 Å². The third-order valence-electron chi connectivity index (χ3n) is 3.30. The highest BCUT2D eigenvalue weighted by Gasteiger charge is 2.24. The average molecular weight is 314 g/mol. The van der Waals surface area contributed by atoms with E-state index in [1.54, 1.807) is 0 Å². The van der Waals surface area contributed by atoms with Gasteiger partial charge in [-0.1, -0.05) is 0 Å². The van der Waals surface area contributed by atoms with E-state index in [1.165, 1.54) is 12.1 Å². The van der Waals surface area contributed by atoms with Crippen LogP contribution in [0.2, 0.25) is 0 Å². The van der Waals surface area contributed by atoms with Gasteiger partial charge in [-0.2, -0.15) is 0 Å². The molecule has 21 heavy (non-hydrogen) atoms. The number of carboxylic acid groups (broad SMARTS) is 1. The minimum absolute atomic E-state index is 0.121. The maximum atomic E-state index is 12.3. The summed E-state index contributed by atoms with van der Waals surface area (Å²) in [5, 5.41) is 9.08. The van der Waals surface area contributed by atoms with Crippen LogP contribution < -0.4 is 10.5 Å². The lowest BCUT2D eigenvalue weighted by Crippen LogP contribution is -2.36. The van der Waals surface area contributed by atoms with E-state index in [9.17, 15) is 13.2 Å². The first-order chi connectivity index (χ1) is 9.90. The highest BCUT2D eigenvalue weighted by atomic mass is 32.2. The van der Waals surface area contributed by atoms with Crippen LogP contribution in [0.1, 0.15) is 29.6 Å². The largest absolute Gasteiger partial charge is 0.478 e. The quantitative estimate of drug-likeness (QED) is 0.692. The van der Waals surface area contributed by atoms with Gasteiger partial charge < -0.3 is 15.6 Å². The number of nitrogens with two attached hydrogens (primary N) is 1. The maximum absolute atomic E-state index is 12.3. The Kier molecular flexibility index (Phi) is 4.81. The first-order valence-corrected chi connectivity index (χ1v) is 8.12. The van der Waals surface area contributed by atoms with Gasteiger partial charge >= 0.3 is 5.97 Å². The lowest BCUT2D eigenvalue weighted by molar-refractivity contribution is 0.0200. The zero-order valence-corrected chi connectivity index (χ0v) is 12.2. The fourth-order valence-electron chi connectivity index (χ4n) is 2.19. The summed E-state index contributed by atoms with van der Waals surface area (Å²) in [6, 6.07) is 3.68. The molecular formula is C13H18N2O5S. The van der Waals surface area contributed by atoms with Crippen molar-refractivity contribution in [1.29, 1.82) is 0 Å². The van der Waals surface area contributed by atoms with Crippen LogP contribution in [0.5, 0.6) is 0 Å². The van der Waals surface area contributed by atoms with E-state index in [1.807, 2.05) is 0 Å². The molecule has 0 radical (unpaired) electrons. The number of benzene rings is 1. The second kappa shape index (κ2) is 6.42. The Morgan fingerprint density at radius 1 is 1.43 bits per heavy atom. The Morgan fingerprint density at radius 3 is 2.81 bits per heavy atom. The molecule has 1 aliphatic heterocycles. The van der Waals surface area contributed by atoms with Crippen molar-refractivity contribution < 1.29 is 23.1 Å². The van der Waals surface area contributed by atoms with E-state index in [0.29, 0.717) is 6.61 Å². The minimum Gasteiger partial charge on any atom is -0.478 e. The molecule has 1 unspecified atom stereocenters. The summed E-state index contributed by atoms with van der Waals surface area (Å²) in [7, 11) is -3.95. The van der Waals surface area contributed by atoms with Gasteiger partial charge in [-0.15, -0.1) is 0 Å². The zero-order valence-electron chi connectivity index (χ0n) is 11.4. The molecule has 1 aromatic carbocycles. The van der Waals surface area contributed by atoms with E-state index in [0.717, 1.165) is 25.3 Å². The van der Waals surface area contributed by atoms with Crippen molar-refractivity contribution >= 4 is 21.7 Å². The van der Waals surface area contributed by atoms with Gasteiger partial charge in [0.05, 0.1) is 16.6 Å². The number of rotatable bonds is 5. The van der Waals surface area contributed by atoms with Gasteiger partial charge in [-0.3, -0.25) is 0 Å². The van der Waals surface area contributed by atoms with Crippen molar-refractivity contribution in [1.82, 2.24) is 4.72 Å². The lowest BCUT2D eigenvalue weighted by Gasteiger charge is -2.22. The summed E-state index contributed by atoms with van der Waals surface area (Å²) in [5.74, 6) is -1.32. The highest BCUT2D eigenvalue weighted by molar-refractivity contribution is 7.89. The zero-order chi connectivity index (χ0) is 15.5. The van der Waals surface area contributed by atoms with Crippen LogP contribution in [0.3, 0.4) is 0 Å². The molecule has 1 aliphatic rings. The van der Waals surface area contributed by atoms with Crippen molar-refractivity contribution in [3.63, 3.8) is 0 Å². The molecule has 116 valence electrons. The monoisotopic (exact) mass is 314 g/mol. The Labute approximate surface area is 123 Å². The van der Waals surface area contributed by atoms with Gasteiger partial charge in [0.2, 0.25) is 10.0 Å². The van der Waals surface area contributed by atoms with E-state index in [4.69, 9.17) is 15.6 Å². The second-order valence-corrected chi connectivity index (χ2v) is 6.64. The van der Waals surface area contributed by atoms with Crippen molar-refractivity contribution in [2.75, 3.05) is 18.9 Å². The Bertz CT molecular complexity index is 623. The van der Waals surface area contributed by atoms with Crippen LogP contribution in [0.15, 0.2) is 23.1 Å². The van der Waals surface area contributed by atoms with Gasteiger partial charge in [0.1, 0.15) is 0 Å². The third-order valence-corrected chi connectivity index (χ3v) is 4.76. The van der Waals surface area contributed by atoms with Gasteiger partial charge in [0.25, 0.3) is 0 Å². The van der Waals surface area contributed by atoms with E-state index in [2.05, 4.69) is 4.72 Å². The standard InChI is InChI=1S/C13H18N2O5S/c14-9-4-5-11(13(16)17)12(7-9)21(18,19)15-8-10-3-1-2-6-20-10/h4-5,7,10,15H,1-3,6,8,14H2,(H,16,17). The molecule has 0 saturated carbocycles.